The summed E-state index contributed by atoms with van der Waals surface area (Å²) in [6.45, 7) is 7.58. The van der Waals surface area contributed by atoms with E-state index in [9.17, 15) is 0 Å². The number of hydrogen-bond acceptors (Lipinski definition) is 2. The zero-order valence-corrected chi connectivity index (χ0v) is 15.7. The number of rotatable bonds is 7. The van der Waals surface area contributed by atoms with Gasteiger partial charge in [0.25, 0.3) is 0 Å². The van der Waals surface area contributed by atoms with Crippen LogP contribution in [0.5, 0.6) is 11.5 Å². The van der Waals surface area contributed by atoms with E-state index < -0.39 is 0 Å². The van der Waals surface area contributed by atoms with Crippen molar-refractivity contribution in [3.05, 3.63) is 95.1 Å². The Labute approximate surface area is 156 Å². The van der Waals surface area contributed by atoms with Gasteiger partial charge in [-0.2, -0.15) is 0 Å². The average Bonchev–Trinajstić information content (AvgIpc) is 2.67. The topological polar surface area (TPSA) is 18.5 Å². The summed E-state index contributed by atoms with van der Waals surface area (Å²) >= 11 is 0. The zero-order valence-electron chi connectivity index (χ0n) is 15.7. The van der Waals surface area contributed by atoms with Gasteiger partial charge in [0.05, 0.1) is 0 Å². The summed E-state index contributed by atoms with van der Waals surface area (Å²) in [5.41, 5.74) is 4.67. The summed E-state index contributed by atoms with van der Waals surface area (Å²) in [6, 6.07) is 24.7. The third-order valence-corrected chi connectivity index (χ3v) is 4.40. The molecular formula is C24H26O2. The molecule has 3 aromatic carbocycles. The highest BCUT2D eigenvalue weighted by atomic mass is 16.5. The second-order valence-corrected chi connectivity index (χ2v) is 6.86. The lowest BCUT2D eigenvalue weighted by Gasteiger charge is -2.18. The van der Waals surface area contributed by atoms with E-state index in [1.807, 2.05) is 42.5 Å². The molecule has 0 saturated heterocycles. The fourth-order valence-electron chi connectivity index (χ4n) is 2.89. The van der Waals surface area contributed by atoms with Crippen molar-refractivity contribution in [2.24, 2.45) is 0 Å². The Hall–Kier alpha value is -2.74. The molecule has 0 amide bonds. The SMILES string of the molecule is Cc1cc(C(C)C)c(OCc2ccccc2)cc1OCc1ccccc1. The van der Waals surface area contributed by atoms with Crippen LogP contribution in [0.4, 0.5) is 0 Å². The first-order valence-electron chi connectivity index (χ1n) is 9.11. The van der Waals surface area contributed by atoms with E-state index in [1.54, 1.807) is 0 Å². The van der Waals surface area contributed by atoms with Crippen LogP contribution in [0.25, 0.3) is 0 Å². The lowest BCUT2D eigenvalue weighted by molar-refractivity contribution is 0.286. The van der Waals surface area contributed by atoms with Crippen LogP contribution in [-0.4, -0.2) is 0 Å². The molecule has 2 nitrogen and oxygen atoms in total. The highest BCUT2D eigenvalue weighted by Gasteiger charge is 2.13. The lowest BCUT2D eigenvalue weighted by Crippen LogP contribution is -2.03. The summed E-state index contributed by atoms with van der Waals surface area (Å²) in [6.07, 6.45) is 0. The quantitative estimate of drug-likeness (QED) is 0.501. The van der Waals surface area contributed by atoms with E-state index in [0.717, 1.165) is 28.2 Å². The van der Waals surface area contributed by atoms with Crippen LogP contribution >= 0.6 is 0 Å². The molecule has 134 valence electrons. The maximum Gasteiger partial charge on any atom is 0.126 e. The molecule has 3 aromatic rings. The van der Waals surface area contributed by atoms with Crippen LogP contribution in [0.3, 0.4) is 0 Å². The first-order chi connectivity index (χ1) is 12.6. The van der Waals surface area contributed by atoms with Crippen molar-refractivity contribution in [3.8, 4) is 11.5 Å². The van der Waals surface area contributed by atoms with Gasteiger partial charge in [-0.15, -0.1) is 0 Å². The van der Waals surface area contributed by atoms with Crippen LogP contribution in [0.1, 0.15) is 42.0 Å². The maximum absolute atomic E-state index is 6.15. The molecule has 0 saturated carbocycles. The van der Waals surface area contributed by atoms with Crippen molar-refractivity contribution in [1.82, 2.24) is 0 Å². The Bertz CT molecular complexity index is 824. The Morgan fingerprint density at radius 1 is 0.692 bits per heavy atom. The monoisotopic (exact) mass is 346 g/mol. The van der Waals surface area contributed by atoms with Crippen LogP contribution < -0.4 is 9.47 Å². The van der Waals surface area contributed by atoms with E-state index in [2.05, 4.69) is 51.1 Å². The molecule has 0 unspecified atom stereocenters. The molecule has 0 bridgehead atoms. The molecule has 0 aliphatic heterocycles. The van der Waals surface area contributed by atoms with Gasteiger partial charge in [-0.1, -0.05) is 74.5 Å². The first-order valence-corrected chi connectivity index (χ1v) is 9.11. The number of benzene rings is 3. The van der Waals surface area contributed by atoms with Gasteiger partial charge in [0, 0.05) is 6.07 Å². The molecule has 0 aromatic heterocycles. The fourth-order valence-corrected chi connectivity index (χ4v) is 2.89. The summed E-state index contributed by atoms with van der Waals surface area (Å²) < 4.78 is 12.2. The molecule has 0 aliphatic rings. The number of hydrogen-bond donors (Lipinski definition) is 0. The molecule has 2 heteroatoms. The van der Waals surface area contributed by atoms with E-state index in [0.29, 0.717) is 19.1 Å². The summed E-state index contributed by atoms with van der Waals surface area (Å²) in [5, 5.41) is 0. The van der Waals surface area contributed by atoms with E-state index in [1.165, 1.54) is 5.56 Å². The molecule has 0 radical (unpaired) electrons. The van der Waals surface area contributed by atoms with E-state index in [4.69, 9.17) is 9.47 Å². The standard InChI is InChI=1S/C24H26O2/c1-18(2)22-14-19(3)23(25-16-20-10-6-4-7-11-20)15-24(22)26-17-21-12-8-5-9-13-21/h4-15,18H,16-17H2,1-3H3. The third-order valence-electron chi connectivity index (χ3n) is 4.40. The van der Waals surface area contributed by atoms with Gasteiger partial charge in [0.1, 0.15) is 24.7 Å². The van der Waals surface area contributed by atoms with Gasteiger partial charge in [-0.05, 0) is 41.2 Å². The van der Waals surface area contributed by atoms with Crippen LogP contribution in [0, 0.1) is 6.92 Å². The normalized spacial score (nSPS) is 10.8. The molecule has 0 fully saturated rings. The second-order valence-electron chi connectivity index (χ2n) is 6.86. The minimum absolute atomic E-state index is 0.391. The molecule has 0 aliphatic carbocycles. The van der Waals surface area contributed by atoms with Crippen molar-refractivity contribution >= 4 is 0 Å². The van der Waals surface area contributed by atoms with Crippen molar-refractivity contribution in [1.29, 1.82) is 0 Å². The van der Waals surface area contributed by atoms with Gasteiger partial charge in [-0.25, -0.2) is 0 Å². The molecule has 26 heavy (non-hydrogen) atoms. The Morgan fingerprint density at radius 2 is 1.19 bits per heavy atom. The van der Waals surface area contributed by atoms with Gasteiger partial charge in [0.2, 0.25) is 0 Å². The summed E-state index contributed by atoms with van der Waals surface area (Å²) in [7, 11) is 0. The molecule has 3 rings (SSSR count). The average molecular weight is 346 g/mol. The first kappa shape index (κ1) is 18.1. The smallest absolute Gasteiger partial charge is 0.126 e. The summed E-state index contributed by atoms with van der Waals surface area (Å²) in [4.78, 5) is 0. The molecular weight excluding hydrogens is 320 g/mol. The van der Waals surface area contributed by atoms with Crippen LogP contribution in [0.2, 0.25) is 0 Å². The molecule has 0 heterocycles. The van der Waals surface area contributed by atoms with Crippen LogP contribution in [0.15, 0.2) is 72.8 Å². The molecule has 0 N–H and O–H groups in total. The summed E-state index contributed by atoms with van der Waals surface area (Å²) in [5.74, 6) is 2.17. The van der Waals surface area contributed by atoms with Crippen molar-refractivity contribution < 1.29 is 9.47 Å². The van der Waals surface area contributed by atoms with Gasteiger partial charge in [-0.3, -0.25) is 0 Å². The predicted octanol–water partition coefficient (Wildman–Crippen LogP) is 6.28. The Kier molecular flexibility index (Phi) is 5.96. The third kappa shape index (κ3) is 4.66. The Morgan fingerprint density at radius 3 is 1.69 bits per heavy atom. The number of ether oxygens (including phenoxy) is 2. The van der Waals surface area contributed by atoms with Gasteiger partial charge < -0.3 is 9.47 Å². The van der Waals surface area contributed by atoms with E-state index >= 15 is 0 Å². The largest absolute Gasteiger partial charge is 0.488 e. The zero-order chi connectivity index (χ0) is 18.4. The minimum atomic E-state index is 0.391. The fraction of sp³-hybridized carbons (Fsp3) is 0.250. The predicted molar refractivity (Wildman–Crippen MR) is 107 cm³/mol. The van der Waals surface area contributed by atoms with Crippen molar-refractivity contribution in [2.75, 3.05) is 0 Å². The second kappa shape index (κ2) is 8.57. The Balaban J connectivity index is 1.79. The van der Waals surface area contributed by atoms with Crippen LogP contribution in [-0.2, 0) is 13.2 Å². The molecule has 0 atom stereocenters. The minimum Gasteiger partial charge on any atom is -0.488 e. The van der Waals surface area contributed by atoms with Gasteiger partial charge in [0.15, 0.2) is 0 Å². The maximum atomic E-state index is 6.15. The molecule has 0 spiro atoms. The van der Waals surface area contributed by atoms with E-state index in [-0.39, 0.29) is 0 Å². The van der Waals surface area contributed by atoms with Crippen molar-refractivity contribution in [3.63, 3.8) is 0 Å². The highest BCUT2D eigenvalue weighted by molar-refractivity contribution is 5.47. The lowest BCUT2D eigenvalue weighted by atomic mass is 9.99. The number of aryl methyl sites for hydroxylation is 1. The van der Waals surface area contributed by atoms with Crippen molar-refractivity contribution in [2.45, 2.75) is 39.9 Å². The highest BCUT2D eigenvalue weighted by Crippen LogP contribution is 2.34. The van der Waals surface area contributed by atoms with Gasteiger partial charge >= 0.3 is 0 Å².